The summed E-state index contributed by atoms with van der Waals surface area (Å²) in [6.45, 7) is 6.12. The maximum Gasteiger partial charge on any atom is 0.130 e. The summed E-state index contributed by atoms with van der Waals surface area (Å²) in [5.74, 6) is 0. The van der Waals surface area contributed by atoms with Gasteiger partial charge in [-0.1, -0.05) is 39.7 Å². The molecule has 0 fully saturated rings. The maximum atomic E-state index is 6.35. The molecule has 1 aromatic carbocycles. The fourth-order valence-corrected chi connectivity index (χ4v) is 2.92. The highest BCUT2D eigenvalue weighted by molar-refractivity contribution is 9.10. The van der Waals surface area contributed by atoms with Crippen molar-refractivity contribution in [3.05, 3.63) is 49.7 Å². The van der Waals surface area contributed by atoms with Crippen LogP contribution in [0.4, 0.5) is 0 Å². The van der Waals surface area contributed by atoms with Crippen molar-refractivity contribution < 1.29 is 0 Å². The Morgan fingerprint density at radius 3 is 2.30 bits per heavy atom. The Kier molecular flexibility index (Phi) is 4.57. The number of aryl methyl sites for hydroxylation is 4. The van der Waals surface area contributed by atoms with Crippen molar-refractivity contribution in [1.82, 2.24) is 9.78 Å². The third kappa shape index (κ3) is 2.92. The molecule has 5 heteroatoms. The van der Waals surface area contributed by atoms with Crippen LogP contribution in [-0.2, 0) is 13.5 Å². The predicted octanol–water partition coefficient (Wildman–Crippen LogP) is 4.00. The molecule has 1 heterocycles. The average molecular weight is 357 g/mol. The third-order valence-corrected chi connectivity index (χ3v) is 5.30. The normalized spacial score (nSPS) is 12.8. The van der Waals surface area contributed by atoms with Gasteiger partial charge < -0.3 is 5.73 Å². The van der Waals surface area contributed by atoms with Gasteiger partial charge in [-0.25, -0.2) is 0 Å². The molecular weight excluding hydrogens is 338 g/mol. The van der Waals surface area contributed by atoms with Gasteiger partial charge in [0, 0.05) is 23.1 Å². The van der Waals surface area contributed by atoms with Gasteiger partial charge in [-0.2, -0.15) is 5.10 Å². The Bertz CT molecular complexity index is 626. The summed E-state index contributed by atoms with van der Waals surface area (Å²) in [5, 5.41) is 5.00. The van der Waals surface area contributed by atoms with Crippen molar-refractivity contribution in [3.8, 4) is 0 Å². The number of aromatic nitrogens is 2. The number of nitrogens with two attached hydrogens (primary N) is 1. The molecule has 2 aromatic rings. The second-order valence-electron chi connectivity index (χ2n) is 5.26. The lowest BCUT2D eigenvalue weighted by atomic mass is 9.97. The summed E-state index contributed by atoms with van der Waals surface area (Å²) in [5.41, 5.74) is 11.8. The quantitative estimate of drug-likeness (QED) is 0.903. The standard InChI is InChI=1S/C15H19BrClN3/c1-8-5-11(6-9(2)14(8)16)13(18)7-12-10(3)19-20(4)15(12)17/h5-6,13H,7,18H2,1-4H3. The van der Waals surface area contributed by atoms with Gasteiger partial charge in [0.25, 0.3) is 0 Å². The largest absolute Gasteiger partial charge is 0.324 e. The number of rotatable bonds is 3. The molecule has 2 N–H and O–H groups in total. The minimum Gasteiger partial charge on any atom is -0.324 e. The molecular formula is C15H19BrClN3. The van der Waals surface area contributed by atoms with Gasteiger partial charge >= 0.3 is 0 Å². The van der Waals surface area contributed by atoms with Crippen molar-refractivity contribution in [3.63, 3.8) is 0 Å². The third-order valence-electron chi connectivity index (χ3n) is 3.58. The SMILES string of the molecule is Cc1cc(C(N)Cc2c(C)nn(C)c2Cl)cc(C)c1Br. The highest BCUT2D eigenvalue weighted by atomic mass is 79.9. The summed E-state index contributed by atoms with van der Waals surface area (Å²) in [6, 6.07) is 4.17. The van der Waals surface area contributed by atoms with Gasteiger partial charge in [0.05, 0.1) is 5.69 Å². The van der Waals surface area contributed by atoms with E-state index in [0.717, 1.165) is 21.3 Å². The summed E-state index contributed by atoms with van der Waals surface area (Å²) in [4.78, 5) is 0. The predicted molar refractivity (Wildman–Crippen MR) is 87.2 cm³/mol. The van der Waals surface area contributed by atoms with E-state index in [1.165, 1.54) is 11.1 Å². The lowest BCUT2D eigenvalue weighted by Crippen LogP contribution is -2.14. The first-order chi connectivity index (χ1) is 9.31. The zero-order valence-electron chi connectivity index (χ0n) is 12.2. The molecule has 0 radical (unpaired) electrons. The smallest absolute Gasteiger partial charge is 0.130 e. The van der Waals surface area contributed by atoms with Gasteiger partial charge in [-0.3, -0.25) is 4.68 Å². The Hall–Kier alpha value is -0.840. The first kappa shape index (κ1) is 15.5. The van der Waals surface area contributed by atoms with Crippen LogP contribution in [0.1, 0.15) is 34.0 Å². The van der Waals surface area contributed by atoms with Crippen molar-refractivity contribution in [2.24, 2.45) is 12.8 Å². The van der Waals surface area contributed by atoms with Gasteiger partial charge in [0.1, 0.15) is 5.15 Å². The maximum absolute atomic E-state index is 6.35. The van der Waals surface area contributed by atoms with E-state index in [2.05, 4.69) is 47.0 Å². The van der Waals surface area contributed by atoms with Crippen LogP contribution in [0.25, 0.3) is 0 Å². The number of nitrogens with zero attached hydrogens (tertiary/aromatic N) is 2. The molecule has 0 bridgehead atoms. The zero-order valence-corrected chi connectivity index (χ0v) is 14.5. The molecule has 2 rings (SSSR count). The summed E-state index contributed by atoms with van der Waals surface area (Å²) >= 11 is 9.85. The van der Waals surface area contributed by atoms with E-state index in [9.17, 15) is 0 Å². The van der Waals surface area contributed by atoms with Crippen LogP contribution < -0.4 is 5.73 Å². The number of hydrogen-bond acceptors (Lipinski definition) is 2. The Balaban J connectivity index is 2.31. The van der Waals surface area contributed by atoms with E-state index in [1.807, 2.05) is 14.0 Å². The monoisotopic (exact) mass is 355 g/mol. The van der Waals surface area contributed by atoms with Crippen molar-refractivity contribution >= 4 is 27.5 Å². The van der Waals surface area contributed by atoms with Crippen LogP contribution in [0.15, 0.2) is 16.6 Å². The Morgan fingerprint density at radius 1 is 1.30 bits per heavy atom. The van der Waals surface area contributed by atoms with E-state index in [4.69, 9.17) is 17.3 Å². The van der Waals surface area contributed by atoms with Gasteiger partial charge in [-0.05, 0) is 43.9 Å². The number of hydrogen-bond donors (Lipinski definition) is 1. The number of halogens is 2. The van der Waals surface area contributed by atoms with Crippen molar-refractivity contribution in [2.45, 2.75) is 33.2 Å². The molecule has 0 amide bonds. The van der Waals surface area contributed by atoms with E-state index < -0.39 is 0 Å². The van der Waals surface area contributed by atoms with Crippen molar-refractivity contribution in [2.75, 3.05) is 0 Å². The highest BCUT2D eigenvalue weighted by Gasteiger charge is 2.17. The number of benzene rings is 1. The fraction of sp³-hybridized carbons (Fsp3) is 0.400. The van der Waals surface area contributed by atoms with Crippen LogP contribution in [0.5, 0.6) is 0 Å². The molecule has 1 unspecified atom stereocenters. The van der Waals surface area contributed by atoms with Crippen LogP contribution >= 0.6 is 27.5 Å². The zero-order chi connectivity index (χ0) is 15.0. The minimum absolute atomic E-state index is 0.0825. The second-order valence-corrected chi connectivity index (χ2v) is 6.41. The minimum atomic E-state index is -0.0825. The molecule has 3 nitrogen and oxygen atoms in total. The molecule has 0 saturated heterocycles. The molecule has 0 saturated carbocycles. The van der Waals surface area contributed by atoms with Gasteiger partial charge in [-0.15, -0.1) is 0 Å². The van der Waals surface area contributed by atoms with E-state index in [-0.39, 0.29) is 6.04 Å². The molecule has 0 aliphatic carbocycles. The van der Waals surface area contributed by atoms with Crippen LogP contribution in [0.2, 0.25) is 5.15 Å². The van der Waals surface area contributed by atoms with Gasteiger partial charge in [0.15, 0.2) is 0 Å². The van der Waals surface area contributed by atoms with Crippen molar-refractivity contribution in [1.29, 1.82) is 0 Å². The molecule has 0 aliphatic heterocycles. The van der Waals surface area contributed by atoms with E-state index in [0.29, 0.717) is 11.6 Å². The molecule has 20 heavy (non-hydrogen) atoms. The van der Waals surface area contributed by atoms with Crippen LogP contribution in [0.3, 0.4) is 0 Å². The lowest BCUT2D eigenvalue weighted by Gasteiger charge is -2.15. The molecule has 108 valence electrons. The Labute approximate surface area is 133 Å². The highest BCUT2D eigenvalue weighted by Crippen LogP contribution is 2.28. The fourth-order valence-electron chi connectivity index (χ4n) is 2.44. The molecule has 0 spiro atoms. The Morgan fingerprint density at radius 2 is 1.85 bits per heavy atom. The summed E-state index contributed by atoms with van der Waals surface area (Å²) in [7, 11) is 1.85. The van der Waals surface area contributed by atoms with E-state index >= 15 is 0 Å². The first-order valence-corrected chi connectivity index (χ1v) is 7.68. The molecule has 1 aromatic heterocycles. The average Bonchev–Trinajstić information content (AvgIpc) is 2.62. The summed E-state index contributed by atoms with van der Waals surface area (Å²) < 4.78 is 2.83. The second kappa shape index (κ2) is 5.88. The lowest BCUT2D eigenvalue weighted by molar-refractivity contribution is 0.716. The topological polar surface area (TPSA) is 43.8 Å². The van der Waals surface area contributed by atoms with Gasteiger partial charge in [0.2, 0.25) is 0 Å². The van der Waals surface area contributed by atoms with E-state index in [1.54, 1.807) is 4.68 Å². The summed E-state index contributed by atoms with van der Waals surface area (Å²) in [6.07, 6.45) is 0.693. The molecule has 1 atom stereocenters. The molecule has 0 aliphatic rings. The van der Waals surface area contributed by atoms with Crippen LogP contribution in [-0.4, -0.2) is 9.78 Å². The van der Waals surface area contributed by atoms with Crippen LogP contribution in [0, 0.1) is 20.8 Å². The first-order valence-electron chi connectivity index (χ1n) is 6.51.